The van der Waals surface area contributed by atoms with Gasteiger partial charge in [0.1, 0.15) is 10.7 Å². The molecule has 0 saturated heterocycles. The maximum absolute atomic E-state index is 12.7. The second kappa shape index (κ2) is 10.8. The Bertz CT molecular complexity index is 1020. The molecule has 0 aliphatic rings. The van der Waals surface area contributed by atoms with E-state index in [4.69, 9.17) is 23.2 Å². The molecule has 0 saturated carbocycles. The summed E-state index contributed by atoms with van der Waals surface area (Å²) in [5.74, 6) is 0.0139. The highest BCUT2D eigenvalue weighted by Crippen LogP contribution is 2.34. The lowest BCUT2D eigenvalue weighted by Gasteiger charge is -2.15. The van der Waals surface area contributed by atoms with E-state index in [-0.39, 0.29) is 33.3 Å². The number of carbonyl (C=O) groups is 1. The number of allylic oxidation sites excluding steroid dienone is 3. The summed E-state index contributed by atoms with van der Waals surface area (Å²) >= 11 is 13.1. The fourth-order valence-corrected chi connectivity index (χ4v) is 3.67. The lowest BCUT2D eigenvalue weighted by molar-refractivity contribution is -0.137. The van der Waals surface area contributed by atoms with Gasteiger partial charge in [0.05, 0.1) is 16.8 Å². The van der Waals surface area contributed by atoms with Gasteiger partial charge in [-0.25, -0.2) is 9.67 Å². The molecule has 1 amide bonds. The van der Waals surface area contributed by atoms with E-state index in [0.29, 0.717) is 11.9 Å². The van der Waals surface area contributed by atoms with Crippen LogP contribution in [0.2, 0.25) is 10.2 Å². The normalized spacial score (nSPS) is 12.4. The van der Waals surface area contributed by atoms with Gasteiger partial charge < -0.3 is 4.90 Å². The maximum Gasteiger partial charge on any atom is 0.417 e. The number of alkyl halides is 3. The summed E-state index contributed by atoms with van der Waals surface area (Å²) < 4.78 is 39.6. The van der Waals surface area contributed by atoms with Crippen molar-refractivity contribution in [2.45, 2.75) is 24.5 Å². The molecule has 0 spiro atoms. The largest absolute Gasteiger partial charge is 0.417 e. The molecule has 31 heavy (non-hydrogen) atoms. The monoisotopic (exact) mass is 491 g/mol. The van der Waals surface area contributed by atoms with E-state index in [9.17, 15) is 18.0 Å². The Kier molecular flexibility index (Phi) is 8.72. The zero-order valence-electron chi connectivity index (χ0n) is 16.5. The Morgan fingerprint density at radius 2 is 2.13 bits per heavy atom. The summed E-state index contributed by atoms with van der Waals surface area (Å²) in [7, 11) is 1.56. The van der Waals surface area contributed by atoms with E-state index in [0.717, 1.165) is 23.5 Å². The average Bonchev–Trinajstić information content (AvgIpc) is 3.09. The molecule has 2 rings (SSSR count). The third kappa shape index (κ3) is 6.84. The van der Waals surface area contributed by atoms with E-state index in [1.165, 1.54) is 15.8 Å². The highest BCUT2D eigenvalue weighted by molar-refractivity contribution is 7.99. The summed E-state index contributed by atoms with van der Waals surface area (Å²) in [6.45, 7) is 5.15. The Morgan fingerprint density at radius 1 is 1.42 bits per heavy atom. The van der Waals surface area contributed by atoms with Gasteiger partial charge >= 0.3 is 6.18 Å². The SMILES string of the molecule is C=N/C=C\C=C(/C)n1cc(N(C)C(=O)CCSc2ncc(C(F)(F)F)cc2Cl)c(Cl)n1. The van der Waals surface area contributed by atoms with Crippen LogP contribution in [0, 0.1) is 0 Å². The highest BCUT2D eigenvalue weighted by atomic mass is 35.5. The topological polar surface area (TPSA) is 63.4 Å². The van der Waals surface area contributed by atoms with Crippen LogP contribution in [0.1, 0.15) is 18.9 Å². The Labute approximate surface area is 191 Å². The number of hydrogen-bond donors (Lipinski definition) is 0. The predicted molar refractivity (Wildman–Crippen MR) is 119 cm³/mol. The number of anilines is 1. The predicted octanol–water partition coefficient (Wildman–Crippen LogP) is 5.82. The fraction of sp³-hybridized carbons (Fsp3) is 0.263. The standard InChI is InChI=1S/C19H18Cl2F3N5OS/c1-12(5-4-7-25-2)29-11-15(17(21)27-29)28(3)16(30)6-8-31-18-14(20)9-13(10-26-18)19(22,23)24/h4-5,7,9-11H,2,6,8H2,1,3H3/b7-4-,12-5+. The van der Waals surface area contributed by atoms with E-state index in [1.54, 1.807) is 32.3 Å². The molecule has 2 heterocycles. The molecule has 2 aromatic rings. The first-order chi connectivity index (χ1) is 14.5. The highest BCUT2D eigenvalue weighted by Gasteiger charge is 2.31. The van der Waals surface area contributed by atoms with Crippen molar-refractivity contribution in [1.82, 2.24) is 14.8 Å². The van der Waals surface area contributed by atoms with Crippen molar-refractivity contribution in [3.8, 4) is 0 Å². The zero-order chi connectivity index (χ0) is 23.2. The van der Waals surface area contributed by atoms with Gasteiger partial charge in [0.15, 0.2) is 5.15 Å². The molecule has 12 heteroatoms. The van der Waals surface area contributed by atoms with E-state index < -0.39 is 11.7 Å². The number of hydrogen-bond acceptors (Lipinski definition) is 5. The average molecular weight is 492 g/mol. The first kappa shape index (κ1) is 25.0. The van der Waals surface area contributed by atoms with Crippen LogP contribution in [0.15, 0.2) is 46.8 Å². The zero-order valence-corrected chi connectivity index (χ0v) is 18.9. The van der Waals surface area contributed by atoms with Crippen molar-refractivity contribution in [3.05, 3.63) is 52.6 Å². The lowest BCUT2D eigenvalue weighted by atomic mass is 10.3. The summed E-state index contributed by atoms with van der Waals surface area (Å²) in [4.78, 5) is 21.2. The van der Waals surface area contributed by atoms with Crippen LogP contribution in [0.5, 0.6) is 0 Å². The molecule has 0 aromatic carbocycles. The van der Waals surface area contributed by atoms with E-state index in [1.807, 2.05) is 0 Å². The number of amides is 1. The van der Waals surface area contributed by atoms with Gasteiger partial charge in [-0.2, -0.15) is 18.3 Å². The second-order valence-electron chi connectivity index (χ2n) is 6.14. The van der Waals surface area contributed by atoms with Gasteiger partial charge in [-0.15, -0.1) is 11.8 Å². The van der Waals surface area contributed by atoms with Crippen LogP contribution in [-0.2, 0) is 11.0 Å². The van der Waals surface area contributed by atoms with Crippen LogP contribution in [-0.4, -0.2) is 40.2 Å². The molecular weight excluding hydrogens is 474 g/mol. The summed E-state index contributed by atoms with van der Waals surface area (Å²) in [5.41, 5.74) is 0.235. The molecule has 0 radical (unpaired) electrons. The van der Waals surface area contributed by atoms with Gasteiger partial charge in [0.2, 0.25) is 5.91 Å². The smallest absolute Gasteiger partial charge is 0.311 e. The van der Waals surface area contributed by atoms with Crippen molar-refractivity contribution >= 4 is 59.0 Å². The number of halogens is 5. The van der Waals surface area contributed by atoms with E-state index >= 15 is 0 Å². The van der Waals surface area contributed by atoms with Gasteiger partial charge in [-0.1, -0.05) is 23.2 Å². The van der Waals surface area contributed by atoms with Gasteiger partial charge in [0.25, 0.3) is 0 Å². The minimum Gasteiger partial charge on any atom is -0.311 e. The van der Waals surface area contributed by atoms with Crippen LogP contribution in [0.4, 0.5) is 18.9 Å². The Hall–Kier alpha value is -2.30. The molecule has 0 unspecified atom stereocenters. The second-order valence-corrected chi connectivity index (χ2v) is 7.99. The summed E-state index contributed by atoms with van der Waals surface area (Å²) in [6.07, 6.45) is 2.85. The van der Waals surface area contributed by atoms with Crippen molar-refractivity contribution in [1.29, 1.82) is 0 Å². The van der Waals surface area contributed by atoms with Crippen LogP contribution < -0.4 is 4.90 Å². The van der Waals surface area contributed by atoms with Crippen molar-refractivity contribution in [2.24, 2.45) is 4.99 Å². The van der Waals surface area contributed by atoms with Crippen molar-refractivity contribution < 1.29 is 18.0 Å². The van der Waals surface area contributed by atoms with E-state index in [2.05, 4.69) is 21.8 Å². The first-order valence-corrected chi connectivity index (χ1v) is 10.5. The number of pyridine rings is 1. The van der Waals surface area contributed by atoms with Crippen molar-refractivity contribution in [2.75, 3.05) is 17.7 Å². The Balaban J connectivity index is 2.00. The minimum absolute atomic E-state index is 0.0876. The summed E-state index contributed by atoms with van der Waals surface area (Å²) in [6, 6.07) is 0.815. The minimum atomic E-state index is -4.52. The molecule has 2 aromatic heterocycles. The van der Waals surface area contributed by atoms with Crippen LogP contribution in [0.3, 0.4) is 0 Å². The first-order valence-electron chi connectivity index (χ1n) is 8.71. The fourth-order valence-electron chi connectivity index (χ4n) is 2.29. The number of carbonyl (C=O) groups excluding carboxylic acids is 1. The third-order valence-corrected chi connectivity index (χ3v) is 5.64. The molecule has 6 nitrogen and oxygen atoms in total. The quantitative estimate of drug-likeness (QED) is 0.265. The van der Waals surface area contributed by atoms with Crippen molar-refractivity contribution in [3.63, 3.8) is 0 Å². The molecule has 0 aliphatic carbocycles. The summed E-state index contributed by atoms with van der Waals surface area (Å²) in [5, 5.41) is 4.43. The number of thioether (sulfide) groups is 1. The molecule has 0 atom stereocenters. The van der Waals surface area contributed by atoms with Gasteiger partial charge in [0, 0.05) is 37.3 Å². The molecule has 0 aliphatic heterocycles. The molecular formula is C19H18Cl2F3N5OS. The molecule has 0 bridgehead atoms. The van der Waals surface area contributed by atoms with Crippen LogP contribution >= 0.6 is 35.0 Å². The Morgan fingerprint density at radius 3 is 2.74 bits per heavy atom. The number of aliphatic imine (C=N–C) groups is 1. The van der Waals surface area contributed by atoms with Gasteiger partial charge in [-0.05, 0) is 31.9 Å². The van der Waals surface area contributed by atoms with Gasteiger partial charge in [-0.3, -0.25) is 9.79 Å². The van der Waals surface area contributed by atoms with Crippen LogP contribution in [0.25, 0.3) is 5.70 Å². The lowest BCUT2D eigenvalue weighted by Crippen LogP contribution is -2.26. The molecule has 166 valence electrons. The number of nitrogens with zero attached hydrogens (tertiary/aromatic N) is 5. The molecule has 0 N–H and O–H groups in total. The third-order valence-electron chi connectivity index (χ3n) is 3.97. The number of aromatic nitrogens is 3. The molecule has 0 fully saturated rings. The number of rotatable bonds is 8. The maximum atomic E-state index is 12.7.